The minimum absolute atomic E-state index is 0.0366. The fraction of sp³-hybridized carbons (Fsp3) is 0.182. The molecule has 1 aromatic carbocycles. The summed E-state index contributed by atoms with van der Waals surface area (Å²) in [7, 11) is 0. The summed E-state index contributed by atoms with van der Waals surface area (Å²) in [5.74, 6) is -0.0366. The standard InChI is InChI=1S/C11H8BrClN2O/c12-9-7-5-6(13)1-2-8(7)15-4-3-14-11(16)10(9)15/h1-2,5H,3-4H2,(H,14,16). The highest BCUT2D eigenvalue weighted by molar-refractivity contribution is 9.10. The molecule has 2 aromatic rings. The van der Waals surface area contributed by atoms with Crippen molar-refractivity contribution >= 4 is 44.3 Å². The van der Waals surface area contributed by atoms with Gasteiger partial charge in [-0.2, -0.15) is 0 Å². The second kappa shape index (κ2) is 3.50. The molecule has 1 aliphatic heterocycles. The highest BCUT2D eigenvalue weighted by Crippen LogP contribution is 2.33. The number of halogens is 2. The van der Waals surface area contributed by atoms with Gasteiger partial charge >= 0.3 is 0 Å². The molecule has 0 atom stereocenters. The number of benzene rings is 1. The Morgan fingerprint density at radius 1 is 1.44 bits per heavy atom. The molecule has 1 N–H and O–H groups in total. The maximum absolute atomic E-state index is 11.8. The molecular weight excluding hydrogens is 291 g/mol. The summed E-state index contributed by atoms with van der Waals surface area (Å²) in [6, 6.07) is 5.67. The highest BCUT2D eigenvalue weighted by atomic mass is 79.9. The van der Waals surface area contributed by atoms with E-state index >= 15 is 0 Å². The number of nitrogens with one attached hydrogen (secondary N) is 1. The topological polar surface area (TPSA) is 34.0 Å². The predicted octanol–water partition coefficient (Wildman–Crippen LogP) is 2.80. The number of amides is 1. The molecular formula is C11H8BrClN2O. The van der Waals surface area contributed by atoms with Crippen molar-refractivity contribution in [2.24, 2.45) is 0 Å². The molecule has 1 aromatic heterocycles. The zero-order valence-electron chi connectivity index (χ0n) is 8.26. The first-order chi connectivity index (χ1) is 7.68. The first-order valence-electron chi connectivity index (χ1n) is 4.94. The van der Waals surface area contributed by atoms with E-state index in [1.165, 1.54) is 0 Å². The molecule has 0 unspecified atom stereocenters. The van der Waals surface area contributed by atoms with Gasteiger partial charge in [-0.1, -0.05) is 11.6 Å². The van der Waals surface area contributed by atoms with Gasteiger partial charge in [-0.05, 0) is 34.1 Å². The zero-order chi connectivity index (χ0) is 11.3. The Kier molecular flexibility index (Phi) is 2.23. The summed E-state index contributed by atoms with van der Waals surface area (Å²) in [5, 5.41) is 4.49. The number of carbonyl (C=O) groups excluding carboxylic acids is 1. The average Bonchev–Trinajstić information content (AvgIpc) is 2.54. The number of hydrogen-bond acceptors (Lipinski definition) is 1. The summed E-state index contributed by atoms with van der Waals surface area (Å²) in [4.78, 5) is 11.8. The Bertz CT molecular complexity index is 606. The minimum Gasteiger partial charge on any atom is -0.349 e. The van der Waals surface area contributed by atoms with Crippen molar-refractivity contribution in [3.05, 3.63) is 33.4 Å². The minimum atomic E-state index is -0.0366. The third kappa shape index (κ3) is 1.30. The summed E-state index contributed by atoms with van der Waals surface area (Å²) in [5.41, 5.74) is 1.73. The van der Waals surface area contributed by atoms with Gasteiger partial charge in [0, 0.05) is 29.0 Å². The number of nitrogens with zero attached hydrogens (tertiary/aromatic N) is 1. The predicted molar refractivity (Wildman–Crippen MR) is 67.0 cm³/mol. The Labute approximate surface area is 106 Å². The van der Waals surface area contributed by atoms with Crippen LogP contribution in [-0.4, -0.2) is 17.0 Å². The molecule has 0 radical (unpaired) electrons. The quantitative estimate of drug-likeness (QED) is 0.797. The van der Waals surface area contributed by atoms with Gasteiger partial charge in [-0.25, -0.2) is 0 Å². The van der Waals surface area contributed by atoms with Gasteiger partial charge < -0.3 is 9.88 Å². The maximum Gasteiger partial charge on any atom is 0.269 e. The van der Waals surface area contributed by atoms with Crippen molar-refractivity contribution in [3.63, 3.8) is 0 Å². The lowest BCUT2D eigenvalue weighted by Crippen LogP contribution is -2.35. The van der Waals surface area contributed by atoms with E-state index in [1.807, 2.05) is 22.8 Å². The molecule has 2 heterocycles. The van der Waals surface area contributed by atoms with Crippen LogP contribution < -0.4 is 5.32 Å². The van der Waals surface area contributed by atoms with Gasteiger partial charge in [0.1, 0.15) is 5.69 Å². The average molecular weight is 300 g/mol. The van der Waals surface area contributed by atoms with Crippen LogP contribution in [-0.2, 0) is 6.54 Å². The molecule has 16 heavy (non-hydrogen) atoms. The molecule has 0 fully saturated rings. The van der Waals surface area contributed by atoms with Crippen molar-refractivity contribution in [1.29, 1.82) is 0 Å². The Hall–Kier alpha value is -1.00. The van der Waals surface area contributed by atoms with Crippen LogP contribution in [0.5, 0.6) is 0 Å². The van der Waals surface area contributed by atoms with Crippen LogP contribution in [0, 0.1) is 0 Å². The van der Waals surface area contributed by atoms with E-state index in [1.54, 1.807) is 0 Å². The van der Waals surface area contributed by atoms with Gasteiger partial charge in [-0.15, -0.1) is 0 Å². The smallest absolute Gasteiger partial charge is 0.269 e. The molecule has 3 rings (SSSR count). The van der Waals surface area contributed by atoms with Crippen molar-refractivity contribution in [2.45, 2.75) is 6.54 Å². The van der Waals surface area contributed by atoms with Crippen LogP contribution in [0.3, 0.4) is 0 Å². The van der Waals surface area contributed by atoms with Gasteiger partial charge in [0.2, 0.25) is 0 Å². The van der Waals surface area contributed by atoms with Gasteiger partial charge in [0.05, 0.1) is 4.47 Å². The molecule has 0 saturated heterocycles. The molecule has 0 aliphatic carbocycles. The van der Waals surface area contributed by atoms with Gasteiger partial charge in [-0.3, -0.25) is 4.79 Å². The molecule has 0 bridgehead atoms. The fourth-order valence-corrected chi connectivity index (χ4v) is 2.99. The molecule has 0 spiro atoms. The lowest BCUT2D eigenvalue weighted by atomic mass is 10.2. The SMILES string of the molecule is O=C1NCCn2c1c(Br)c1cc(Cl)ccc12. The van der Waals surface area contributed by atoms with Crippen LogP contribution >= 0.6 is 27.5 Å². The second-order valence-corrected chi connectivity index (χ2v) is 4.96. The fourth-order valence-electron chi connectivity index (χ4n) is 2.11. The largest absolute Gasteiger partial charge is 0.349 e. The third-order valence-electron chi connectivity index (χ3n) is 2.80. The van der Waals surface area contributed by atoms with E-state index in [9.17, 15) is 4.79 Å². The van der Waals surface area contributed by atoms with E-state index in [0.29, 0.717) is 17.3 Å². The van der Waals surface area contributed by atoms with E-state index in [0.717, 1.165) is 21.9 Å². The van der Waals surface area contributed by atoms with E-state index < -0.39 is 0 Å². The summed E-state index contributed by atoms with van der Waals surface area (Å²) >= 11 is 9.43. The van der Waals surface area contributed by atoms with Crippen molar-refractivity contribution in [3.8, 4) is 0 Å². The van der Waals surface area contributed by atoms with Crippen molar-refractivity contribution in [2.75, 3.05) is 6.54 Å². The normalized spacial score (nSPS) is 15.0. The first-order valence-corrected chi connectivity index (χ1v) is 6.11. The maximum atomic E-state index is 11.8. The second-order valence-electron chi connectivity index (χ2n) is 3.73. The molecule has 5 heteroatoms. The number of rotatable bonds is 0. The number of aromatic nitrogens is 1. The molecule has 3 nitrogen and oxygen atoms in total. The van der Waals surface area contributed by atoms with E-state index in [2.05, 4.69) is 21.2 Å². The Morgan fingerprint density at radius 2 is 2.25 bits per heavy atom. The molecule has 0 saturated carbocycles. The van der Waals surface area contributed by atoms with E-state index in [4.69, 9.17) is 11.6 Å². The zero-order valence-corrected chi connectivity index (χ0v) is 10.6. The molecule has 1 amide bonds. The molecule has 1 aliphatic rings. The number of carbonyl (C=O) groups is 1. The summed E-state index contributed by atoms with van der Waals surface area (Å²) in [6.07, 6.45) is 0. The third-order valence-corrected chi connectivity index (χ3v) is 3.84. The Morgan fingerprint density at radius 3 is 3.06 bits per heavy atom. The van der Waals surface area contributed by atoms with Crippen molar-refractivity contribution in [1.82, 2.24) is 9.88 Å². The monoisotopic (exact) mass is 298 g/mol. The highest BCUT2D eigenvalue weighted by Gasteiger charge is 2.24. The van der Waals surface area contributed by atoms with Crippen LogP contribution in [0.15, 0.2) is 22.7 Å². The molecule has 82 valence electrons. The number of hydrogen-bond donors (Lipinski definition) is 1. The lowest BCUT2D eigenvalue weighted by molar-refractivity contribution is 0.0928. The summed E-state index contributed by atoms with van der Waals surface area (Å²) < 4.78 is 2.84. The van der Waals surface area contributed by atoms with Crippen molar-refractivity contribution < 1.29 is 4.79 Å². The van der Waals surface area contributed by atoms with E-state index in [-0.39, 0.29) is 5.91 Å². The number of fused-ring (bicyclic) bond motifs is 3. The lowest BCUT2D eigenvalue weighted by Gasteiger charge is -2.16. The van der Waals surface area contributed by atoms with Gasteiger partial charge in [0.25, 0.3) is 5.91 Å². The van der Waals surface area contributed by atoms with Gasteiger partial charge in [0.15, 0.2) is 0 Å². The van der Waals surface area contributed by atoms with Crippen LogP contribution in [0.2, 0.25) is 5.02 Å². The van der Waals surface area contributed by atoms with Crippen LogP contribution in [0.4, 0.5) is 0 Å². The van der Waals surface area contributed by atoms with Crippen LogP contribution in [0.1, 0.15) is 10.5 Å². The summed E-state index contributed by atoms with van der Waals surface area (Å²) in [6.45, 7) is 1.47. The first kappa shape index (κ1) is 10.2. The Balaban J connectivity index is 2.43. The van der Waals surface area contributed by atoms with Crippen LogP contribution in [0.25, 0.3) is 10.9 Å².